The van der Waals surface area contributed by atoms with E-state index >= 15 is 0 Å². The lowest BCUT2D eigenvalue weighted by molar-refractivity contribution is 0.0261. The van der Waals surface area contributed by atoms with Crippen molar-refractivity contribution in [3.8, 4) is 0 Å². The van der Waals surface area contributed by atoms with Crippen LogP contribution in [0, 0.1) is 5.82 Å². The highest BCUT2D eigenvalue weighted by Crippen LogP contribution is 2.24. The average molecular weight is 389 g/mol. The van der Waals surface area contributed by atoms with Crippen molar-refractivity contribution < 1.29 is 13.9 Å². The van der Waals surface area contributed by atoms with Gasteiger partial charge in [-0.3, -0.25) is 0 Å². The summed E-state index contributed by atoms with van der Waals surface area (Å²) in [5.74, 6) is -0.269. The van der Waals surface area contributed by atoms with Gasteiger partial charge in [-0.15, -0.1) is 0 Å². The molecule has 23 heavy (non-hydrogen) atoms. The van der Waals surface area contributed by atoms with Crippen molar-refractivity contribution in [2.45, 2.75) is 46.3 Å². The molecule has 1 aromatic rings. The number of nitrogens with zero attached hydrogens (tertiary/aromatic N) is 1. The van der Waals surface area contributed by atoms with Gasteiger partial charge in [0.05, 0.1) is 0 Å². The number of benzene rings is 1. The zero-order valence-electron chi connectivity index (χ0n) is 14.5. The molecule has 0 aliphatic rings. The molecule has 1 unspecified atom stereocenters. The van der Waals surface area contributed by atoms with Crippen LogP contribution in [0.1, 0.15) is 46.2 Å². The second-order valence-electron chi connectivity index (χ2n) is 6.40. The number of hydrogen-bond donors (Lipinski definition) is 1. The fraction of sp³-hybridized carbons (Fsp3) is 0.588. The number of likely N-dealkylation sites (N-methyl/N-ethyl adjacent to an activating group) is 1. The van der Waals surface area contributed by atoms with Crippen molar-refractivity contribution in [2.75, 3.05) is 19.6 Å². The van der Waals surface area contributed by atoms with Gasteiger partial charge in [-0.2, -0.15) is 0 Å². The van der Waals surface area contributed by atoms with Crippen LogP contribution >= 0.6 is 15.9 Å². The molecular formula is C17H26BrFN2O2. The number of hydrogen-bond acceptors (Lipinski definition) is 3. The monoisotopic (exact) mass is 388 g/mol. The molecule has 0 radical (unpaired) electrons. The average Bonchev–Trinajstić information content (AvgIpc) is 2.41. The molecule has 0 aromatic heterocycles. The first kappa shape index (κ1) is 19.9. The summed E-state index contributed by atoms with van der Waals surface area (Å²) in [6, 6.07) is 4.69. The molecule has 0 fully saturated rings. The van der Waals surface area contributed by atoms with E-state index in [2.05, 4.69) is 21.2 Å². The van der Waals surface area contributed by atoms with Gasteiger partial charge in [0.2, 0.25) is 0 Å². The lowest BCUT2D eigenvalue weighted by Crippen LogP contribution is -2.40. The first-order valence-corrected chi connectivity index (χ1v) is 8.59. The number of amides is 1. The first-order chi connectivity index (χ1) is 10.6. The summed E-state index contributed by atoms with van der Waals surface area (Å²) in [5.41, 5.74) is 0.483. The van der Waals surface area contributed by atoms with Gasteiger partial charge in [0.25, 0.3) is 0 Å². The lowest BCUT2D eigenvalue weighted by atomic mass is 10.1. The molecule has 0 aliphatic heterocycles. The van der Waals surface area contributed by atoms with Crippen LogP contribution < -0.4 is 5.32 Å². The lowest BCUT2D eigenvalue weighted by Gasteiger charge is -2.27. The van der Waals surface area contributed by atoms with E-state index in [9.17, 15) is 9.18 Å². The van der Waals surface area contributed by atoms with Gasteiger partial charge in [-0.05, 0) is 52.3 Å². The third-order valence-electron chi connectivity index (χ3n) is 3.29. The predicted octanol–water partition coefficient (Wildman–Crippen LogP) is 4.50. The minimum absolute atomic E-state index is 0.0438. The van der Waals surface area contributed by atoms with E-state index in [1.54, 1.807) is 11.0 Å². The Labute approximate surface area is 146 Å². The standard InChI is InChI=1S/C17H26BrFN2O2/c1-6-21(16(22)23-17(3,4)5)10-9-20-12(2)14-8-7-13(19)11-15(14)18/h7-8,11-12,20H,6,9-10H2,1-5H3. The number of halogens is 2. The Balaban J connectivity index is 2.52. The molecule has 1 amide bonds. The van der Waals surface area contributed by atoms with Gasteiger partial charge >= 0.3 is 6.09 Å². The zero-order chi connectivity index (χ0) is 17.6. The molecule has 0 heterocycles. The van der Waals surface area contributed by atoms with Crippen LogP contribution in [0.4, 0.5) is 9.18 Å². The summed E-state index contributed by atoms with van der Waals surface area (Å²) in [4.78, 5) is 13.7. The molecule has 0 spiro atoms. The summed E-state index contributed by atoms with van der Waals surface area (Å²) < 4.78 is 19.2. The minimum Gasteiger partial charge on any atom is -0.444 e. The van der Waals surface area contributed by atoms with Crippen molar-refractivity contribution in [1.29, 1.82) is 0 Å². The van der Waals surface area contributed by atoms with Crippen molar-refractivity contribution >= 4 is 22.0 Å². The van der Waals surface area contributed by atoms with E-state index < -0.39 is 5.60 Å². The number of carbonyl (C=O) groups excluding carboxylic acids is 1. The Bertz CT molecular complexity index is 532. The third-order valence-corrected chi connectivity index (χ3v) is 3.98. The van der Waals surface area contributed by atoms with Crippen LogP contribution in [0.15, 0.2) is 22.7 Å². The molecule has 130 valence electrons. The van der Waals surface area contributed by atoms with Crippen molar-refractivity contribution in [2.24, 2.45) is 0 Å². The van der Waals surface area contributed by atoms with Crippen LogP contribution in [0.2, 0.25) is 0 Å². The van der Waals surface area contributed by atoms with E-state index in [1.165, 1.54) is 12.1 Å². The SMILES string of the molecule is CCN(CCNC(C)c1ccc(F)cc1Br)C(=O)OC(C)(C)C. The minimum atomic E-state index is -0.496. The van der Waals surface area contributed by atoms with Crippen LogP contribution in [0.25, 0.3) is 0 Å². The highest BCUT2D eigenvalue weighted by Gasteiger charge is 2.21. The van der Waals surface area contributed by atoms with Gasteiger partial charge < -0.3 is 15.0 Å². The zero-order valence-corrected chi connectivity index (χ0v) is 16.0. The molecule has 1 aromatic carbocycles. The maximum Gasteiger partial charge on any atom is 0.410 e. The van der Waals surface area contributed by atoms with Crippen molar-refractivity contribution in [1.82, 2.24) is 10.2 Å². The largest absolute Gasteiger partial charge is 0.444 e. The first-order valence-electron chi connectivity index (χ1n) is 7.80. The molecular weight excluding hydrogens is 363 g/mol. The molecule has 1 N–H and O–H groups in total. The fourth-order valence-electron chi connectivity index (χ4n) is 2.08. The Kier molecular flexibility index (Phi) is 7.48. The molecule has 0 saturated carbocycles. The van der Waals surface area contributed by atoms with E-state index in [0.29, 0.717) is 19.6 Å². The Morgan fingerprint density at radius 3 is 2.61 bits per heavy atom. The number of nitrogens with one attached hydrogen (secondary N) is 1. The predicted molar refractivity (Wildman–Crippen MR) is 94.0 cm³/mol. The molecule has 0 saturated heterocycles. The number of rotatable bonds is 6. The van der Waals surface area contributed by atoms with Crippen LogP contribution in [0.3, 0.4) is 0 Å². The molecule has 0 bridgehead atoms. The molecule has 4 nitrogen and oxygen atoms in total. The Morgan fingerprint density at radius 2 is 2.09 bits per heavy atom. The van der Waals surface area contributed by atoms with E-state index in [0.717, 1.165) is 10.0 Å². The number of carbonyl (C=O) groups is 1. The summed E-state index contributed by atoms with van der Waals surface area (Å²) in [6.07, 6.45) is -0.308. The van der Waals surface area contributed by atoms with Gasteiger partial charge in [0.1, 0.15) is 11.4 Å². The van der Waals surface area contributed by atoms with E-state index in [-0.39, 0.29) is 18.0 Å². The fourth-order valence-corrected chi connectivity index (χ4v) is 2.78. The summed E-state index contributed by atoms with van der Waals surface area (Å²) >= 11 is 3.37. The Morgan fingerprint density at radius 1 is 1.43 bits per heavy atom. The molecule has 6 heteroatoms. The van der Waals surface area contributed by atoms with Crippen LogP contribution in [-0.4, -0.2) is 36.2 Å². The van der Waals surface area contributed by atoms with Gasteiger partial charge in [0, 0.05) is 30.1 Å². The smallest absolute Gasteiger partial charge is 0.410 e. The second kappa shape index (κ2) is 8.64. The Hall–Kier alpha value is -1.14. The quantitative estimate of drug-likeness (QED) is 0.779. The van der Waals surface area contributed by atoms with Crippen LogP contribution in [-0.2, 0) is 4.74 Å². The third kappa shape index (κ3) is 6.87. The van der Waals surface area contributed by atoms with Gasteiger partial charge in [0.15, 0.2) is 0 Å². The highest BCUT2D eigenvalue weighted by molar-refractivity contribution is 9.10. The van der Waals surface area contributed by atoms with Crippen LogP contribution in [0.5, 0.6) is 0 Å². The van der Waals surface area contributed by atoms with Crippen molar-refractivity contribution in [3.63, 3.8) is 0 Å². The van der Waals surface area contributed by atoms with Crippen molar-refractivity contribution in [3.05, 3.63) is 34.1 Å². The summed E-state index contributed by atoms with van der Waals surface area (Å²) in [7, 11) is 0. The van der Waals surface area contributed by atoms with E-state index in [4.69, 9.17) is 4.74 Å². The highest BCUT2D eigenvalue weighted by atomic mass is 79.9. The maximum absolute atomic E-state index is 13.1. The normalized spacial score (nSPS) is 12.8. The summed E-state index contributed by atoms with van der Waals surface area (Å²) in [6.45, 7) is 11.2. The van der Waals surface area contributed by atoms with E-state index in [1.807, 2.05) is 34.6 Å². The molecule has 1 atom stereocenters. The molecule has 0 aliphatic carbocycles. The topological polar surface area (TPSA) is 41.6 Å². The molecule has 1 rings (SSSR count). The maximum atomic E-state index is 13.1. The van der Waals surface area contributed by atoms with Gasteiger partial charge in [-0.1, -0.05) is 22.0 Å². The second-order valence-corrected chi connectivity index (χ2v) is 7.26. The summed E-state index contributed by atoms with van der Waals surface area (Å²) in [5, 5.41) is 3.34. The number of ether oxygens (including phenoxy) is 1. The van der Waals surface area contributed by atoms with Gasteiger partial charge in [-0.25, -0.2) is 9.18 Å².